The van der Waals surface area contributed by atoms with Crippen molar-refractivity contribution in [2.24, 2.45) is 0 Å². The lowest BCUT2D eigenvalue weighted by molar-refractivity contribution is 0.275. The van der Waals surface area contributed by atoms with Gasteiger partial charge in [0.05, 0.1) is 11.6 Å². The van der Waals surface area contributed by atoms with Gasteiger partial charge in [0, 0.05) is 25.2 Å². The second-order valence-electron chi connectivity index (χ2n) is 5.46. The van der Waals surface area contributed by atoms with Crippen LogP contribution in [0.15, 0.2) is 42.5 Å². The molecule has 0 aliphatic carbocycles. The molecule has 0 fully saturated rings. The maximum absolute atomic E-state index is 13.9. The number of hydrogen-bond donors (Lipinski definition) is 0. The van der Waals surface area contributed by atoms with Gasteiger partial charge in [-0.05, 0) is 42.2 Å². The number of benzene rings is 2. The van der Waals surface area contributed by atoms with Gasteiger partial charge in [-0.1, -0.05) is 24.3 Å². The fourth-order valence-electron chi connectivity index (χ4n) is 2.88. The topological polar surface area (TPSA) is 27.0 Å². The Morgan fingerprint density at radius 1 is 1.05 bits per heavy atom. The second-order valence-corrected chi connectivity index (χ2v) is 5.46. The summed E-state index contributed by atoms with van der Waals surface area (Å²) >= 11 is 0. The molecule has 0 unspecified atom stereocenters. The number of rotatable bonds is 2. The van der Waals surface area contributed by atoms with E-state index >= 15 is 0 Å². The van der Waals surface area contributed by atoms with Crippen molar-refractivity contribution in [2.75, 3.05) is 13.1 Å². The fourth-order valence-corrected chi connectivity index (χ4v) is 2.88. The van der Waals surface area contributed by atoms with Crippen LogP contribution in [-0.4, -0.2) is 18.0 Å². The largest absolute Gasteiger partial charge is 0.298 e. The summed E-state index contributed by atoms with van der Waals surface area (Å²) in [4.78, 5) is 2.26. The number of nitrogens with zero attached hydrogens (tertiary/aromatic N) is 2. The Hall–Kier alpha value is -2.18. The Morgan fingerprint density at radius 2 is 1.71 bits per heavy atom. The van der Waals surface area contributed by atoms with Gasteiger partial charge in [-0.2, -0.15) is 5.26 Å². The molecular formula is C18H17FN2. The summed E-state index contributed by atoms with van der Waals surface area (Å²) in [5.41, 5.74) is 3.92. The molecule has 3 rings (SSSR count). The molecule has 0 spiro atoms. The number of halogens is 1. The van der Waals surface area contributed by atoms with Gasteiger partial charge in [0.25, 0.3) is 0 Å². The number of nitriles is 1. The van der Waals surface area contributed by atoms with Crippen molar-refractivity contribution in [3.63, 3.8) is 0 Å². The van der Waals surface area contributed by atoms with Crippen molar-refractivity contribution >= 4 is 0 Å². The van der Waals surface area contributed by atoms with E-state index in [9.17, 15) is 4.39 Å². The van der Waals surface area contributed by atoms with Crippen molar-refractivity contribution in [2.45, 2.75) is 19.4 Å². The normalized spacial score (nSPS) is 15.0. The standard InChI is InChI=1S/C18H17FN2/c19-18-6-5-14(12-20)11-17(18)13-21-9-7-15-3-1-2-4-16(15)8-10-21/h1-6,11H,7-10,13H2. The lowest BCUT2D eigenvalue weighted by Gasteiger charge is -2.20. The third-order valence-corrected chi connectivity index (χ3v) is 4.08. The van der Waals surface area contributed by atoms with Crippen LogP contribution < -0.4 is 0 Å². The smallest absolute Gasteiger partial charge is 0.127 e. The van der Waals surface area contributed by atoms with E-state index in [1.807, 2.05) is 0 Å². The van der Waals surface area contributed by atoms with Crippen molar-refractivity contribution in [3.8, 4) is 6.07 Å². The van der Waals surface area contributed by atoms with Crippen LogP contribution in [0.4, 0.5) is 4.39 Å². The Kier molecular flexibility index (Phi) is 3.98. The summed E-state index contributed by atoms with van der Waals surface area (Å²) < 4.78 is 13.9. The highest BCUT2D eigenvalue weighted by Gasteiger charge is 2.15. The maximum Gasteiger partial charge on any atom is 0.127 e. The molecular weight excluding hydrogens is 263 g/mol. The monoisotopic (exact) mass is 280 g/mol. The van der Waals surface area contributed by atoms with Gasteiger partial charge in [0.1, 0.15) is 5.82 Å². The minimum absolute atomic E-state index is 0.226. The first-order chi connectivity index (χ1) is 10.3. The molecule has 1 aliphatic rings. The average Bonchev–Trinajstić information content (AvgIpc) is 2.72. The summed E-state index contributed by atoms with van der Waals surface area (Å²) in [6.45, 7) is 2.41. The first-order valence-electron chi connectivity index (χ1n) is 7.24. The molecule has 106 valence electrons. The molecule has 0 saturated heterocycles. The first kappa shape index (κ1) is 13.8. The predicted octanol–water partition coefficient (Wildman–Crippen LogP) is 3.30. The molecule has 0 amide bonds. The number of hydrogen-bond acceptors (Lipinski definition) is 2. The minimum atomic E-state index is -0.226. The number of fused-ring (bicyclic) bond motifs is 1. The van der Waals surface area contributed by atoms with Crippen LogP contribution >= 0.6 is 0 Å². The highest BCUT2D eigenvalue weighted by atomic mass is 19.1. The molecule has 1 heterocycles. The van der Waals surface area contributed by atoms with Crippen molar-refractivity contribution in [1.82, 2.24) is 4.90 Å². The van der Waals surface area contributed by atoms with Crippen molar-refractivity contribution in [3.05, 3.63) is 70.5 Å². The van der Waals surface area contributed by atoms with E-state index in [1.54, 1.807) is 6.07 Å². The van der Waals surface area contributed by atoms with Crippen LogP contribution in [0, 0.1) is 17.1 Å². The molecule has 0 aromatic heterocycles. The van der Waals surface area contributed by atoms with Crippen LogP contribution in [-0.2, 0) is 19.4 Å². The van der Waals surface area contributed by atoms with E-state index in [1.165, 1.54) is 23.3 Å². The molecule has 0 bridgehead atoms. The van der Waals surface area contributed by atoms with Gasteiger partial charge in [-0.3, -0.25) is 4.90 Å². The molecule has 1 aliphatic heterocycles. The molecule has 0 saturated carbocycles. The van der Waals surface area contributed by atoms with Gasteiger partial charge < -0.3 is 0 Å². The second kappa shape index (κ2) is 6.07. The predicted molar refractivity (Wildman–Crippen MR) is 80.2 cm³/mol. The Morgan fingerprint density at radius 3 is 2.33 bits per heavy atom. The van der Waals surface area contributed by atoms with Gasteiger partial charge in [0.2, 0.25) is 0 Å². The third-order valence-electron chi connectivity index (χ3n) is 4.08. The summed E-state index contributed by atoms with van der Waals surface area (Å²) in [5.74, 6) is -0.226. The minimum Gasteiger partial charge on any atom is -0.298 e. The molecule has 3 heteroatoms. The quantitative estimate of drug-likeness (QED) is 0.844. The van der Waals surface area contributed by atoms with Crippen molar-refractivity contribution in [1.29, 1.82) is 5.26 Å². The molecule has 2 aromatic carbocycles. The van der Waals surface area contributed by atoms with Gasteiger partial charge in [0.15, 0.2) is 0 Å². The van der Waals surface area contributed by atoms with E-state index in [0.717, 1.165) is 25.9 Å². The average molecular weight is 280 g/mol. The van der Waals surface area contributed by atoms with Crippen LogP contribution in [0.5, 0.6) is 0 Å². The van der Waals surface area contributed by atoms with Gasteiger partial charge in [-0.25, -0.2) is 4.39 Å². The maximum atomic E-state index is 13.9. The van der Waals surface area contributed by atoms with E-state index in [0.29, 0.717) is 17.7 Å². The van der Waals surface area contributed by atoms with E-state index in [2.05, 4.69) is 35.2 Å². The van der Waals surface area contributed by atoms with E-state index in [-0.39, 0.29) is 5.82 Å². The fraction of sp³-hybridized carbons (Fsp3) is 0.278. The zero-order chi connectivity index (χ0) is 14.7. The zero-order valence-electron chi connectivity index (χ0n) is 11.8. The lowest BCUT2D eigenvalue weighted by Crippen LogP contribution is -2.26. The Labute approximate surface area is 124 Å². The van der Waals surface area contributed by atoms with E-state index in [4.69, 9.17) is 5.26 Å². The Bertz CT molecular complexity index is 661. The SMILES string of the molecule is N#Cc1ccc(F)c(CN2CCc3ccccc3CC2)c1. The summed E-state index contributed by atoms with van der Waals surface area (Å²) in [7, 11) is 0. The zero-order valence-corrected chi connectivity index (χ0v) is 11.8. The van der Waals surface area contributed by atoms with Crippen LogP contribution in [0.1, 0.15) is 22.3 Å². The summed E-state index contributed by atoms with van der Waals surface area (Å²) in [6, 6.07) is 15.1. The van der Waals surface area contributed by atoms with Gasteiger partial charge in [-0.15, -0.1) is 0 Å². The summed E-state index contributed by atoms with van der Waals surface area (Å²) in [6.07, 6.45) is 1.99. The first-order valence-corrected chi connectivity index (χ1v) is 7.24. The lowest BCUT2D eigenvalue weighted by atomic mass is 10.0. The molecule has 2 aromatic rings. The Balaban J connectivity index is 1.74. The molecule has 2 nitrogen and oxygen atoms in total. The van der Waals surface area contributed by atoms with Crippen molar-refractivity contribution < 1.29 is 4.39 Å². The van der Waals surface area contributed by atoms with Crippen LogP contribution in [0.25, 0.3) is 0 Å². The van der Waals surface area contributed by atoms with E-state index < -0.39 is 0 Å². The molecule has 0 N–H and O–H groups in total. The molecule has 0 radical (unpaired) electrons. The van der Waals surface area contributed by atoms with Crippen LogP contribution in [0.2, 0.25) is 0 Å². The highest BCUT2D eigenvalue weighted by molar-refractivity contribution is 5.34. The highest BCUT2D eigenvalue weighted by Crippen LogP contribution is 2.18. The summed E-state index contributed by atoms with van der Waals surface area (Å²) in [5, 5.41) is 8.94. The third kappa shape index (κ3) is 3.12. The molecule has 0 atom stereocenters. The van der Waals surface area contributed by atoms with Crippen LogP contribution in [0.3, 0.4) is 0 Å². The molecule has 21 heavy (non-hydrogen) atoms. The van der Waals surface area contributed by atoms with Gasteiger partial charge >= 0.3 is 0 Å².